The number of hydrogen-bond donors (Lipinski definition) is 0. The Morgan fingerprint density at radius 2 is 1.63 bits per heavy atom. The van der Waals surface area contributed by atoms with Crippen LogP contribution in [-0.2, 0) is 0 Å². The van der Waals surface area contributed by atoms with E-state index in [4.69, 9.17) is 11.6 Å². The highest BCUT2D eigenvalue weighted by Gasteiger charge is 2.20. The first kappa shape index (κ1) is 12.5. The fourth-order valence-corrected chi connectivity index (χ4v) is 3.21. The molecule has 2 aromatic carbocycles. The maximum atomic E-state index is 11.7. The van der Waals surface area contributed by atoms with E-state index >= 15 is 0 Å². The molecule has 1 heterocycles. The fraction of sp³-hybridized carbons (Fsp3) is 0. The lowest BCUT2D eigenvalue weighted by molar-refractivity contribution is 0.107. The van der Waals surface area contributed by atoms with E-state index in [1.54, 1.807) is 0 Å². The van der Waals surface area contributed by atoms with Gasteiger partial charge in [-0.3, -0.25) is 4.79 Å². The van der Waals surface area contributed by atoms with Crippen LogP contribution in [0, 0.1) is 0 Å². The van der Waals surface area contributed by atoms with Crippen molar-refractivity contribution in [2.75, 3.05) is 0 Å². The molecule has 0 fully saturated rings. The summed E-state index contributed by atoms with van der Waals surface area (Å²) in [6.45, 7) is 0. The molecule has 0 saturated heterocycles. The first-order chi connectivity index (χ1) is 9.20. The van der Waals surface area contributed by atoms with E-state index in [1.165, 1.54) is 0 Å². The van der Waals surface area contributed by atoms with E-state index < -0.39 is 5.24 Å². The number of fused-ring (bicyclic) bond motifs is 1. The third kappa shape index (κ3) is 1.99. The quantitative estimate of drug-likeness (QED) is 0.619. The van der Waals surface area contributed by atoms with Crippen LogP contribution in [0.1, 0.15) is 10.5 Å². The molecule has 0 aliphatic carbocycles. The molecule has 0 aliphatic heterocycles. The van der Waals surface area contributed by atoms with Gasteiger partial charge >= 0.3 is 0 Å². The first-order valence-electron chi connectivity index (χ1n) is 5.74. The molecule has 0 spiro atoms. The highest BCUT2D eigenvalue weighted by molar-refractivity contribution is 9.10. The molecule has 0 saturated carbocycles. The second-order valence-corrected chi connectivity index (χ2v) is 5.26. The van der Waals surface area contributed by atoms with E-state index in [2.05, 4.69) is 15.9 Å². The second kappa shape index (κ2) is 4.83. The summed E-state index contributed by atoms with van der Waals surface area (Å²) in [5.41, 5.74) is 2.31. The zero-order valence-corrected chi connectivity index (χ0v) is 12.1. The van der Waals surface area contributed by atoms with Gasteiger partial charge in [0.25, 0.3) is 5.24 Å². The van der Waals surface area contributed by atoms with Crippen LogP contribution in [0.25, 0.3) is 16.6 Å². The van der Waals surface area contributed by atoms with Crippen molar-refractivity contribution in [1.29, 1.82) is 0 Å². The largest absolute Gasteiger partial charge is 0.305 e. The molecular weight excluding hydrogens is 326 g/mol. The Bertz CT molecular complexity index is 764. The minimum absolute atomic E-state index is 0.453. The average molecular weight is 335 g/mol. The van der Waals surface area contributed by atoms with E-state index in [0.29, 0.717) is 5.69 Å². The Morgan fingerprint density at radius 3 is 2.32 bits per heavy atom. The maximum Gasteiger partial charge on any atom is 0.270 e. The molecule has 4 heteroatoms. The molecule has 0 aliphatic rings. The van der Waals surface area contributed by atoms with Crippen molar-refractivity contribution in [3.05, 3.63) is 64.8 Å². The van der Waals surface area contributed by atoms with Gasteiger partial charge in [-0.1, -0.05) is 36.4 Å². The van der Waals surface area contributed by atoms with Gasteiger partial charge in [-0.2, -0.15) is 0 Å². The van der Waals surface area contributed by atoms with Crippen LogP contribution in [0.2, 0.25) is 0 Å². The lowest BCUT2D eigenvalue weighted by Crippen LogP contribution is -2.03. The zero-order valence-electron chi connectivity index (χ0n) is 9.81. The molecule has 19 heavy (non-hydrogen) atoms. The van der Waals surface area contributed by atoms with Crippen molar-refractivity contribution in [3.63, 3.8) is 0 Å². The number of hydrogen-bond acceptors (Lipinski definition) is 1. The summed E-state index contributed by atoms with van der Waals surface area (Å²) in [5.74, 6) is 0. The van der Waals surface area contributed by atoms with Crippen molar-refractivity contribution < 1.29 is 4.79 Å². The van der Waals surface area contributed by atoms with Crippen molar-refractivity contribution >= 4 is 43.7 Å². The van der Waals surface area contributed by atoms with Gasteiger partial charge in [-0.15, -0.1) is 0 Å². The number of rotatable bonds is 2. The monoisotopic (exact) mass is 333 g/mol. The number of benzene rings is 2. The lowest BCUT2D eigenvalue weighted by atomic mass is 10.2. The summed E-state index contributed by atoms with van der Waals surface area (Å²) in [6, 6.07) is 17.5. The molecule has 0 atom stereocenters. The van der Waals surface area contributed by atoms with Crippen molar-refractivity contribution in [2.24, 2.45) is 0 Å². The average Bonchev–Trinajstić information content (AvgIpc) is 2.74. The Labute approximate surface area is 123 Å². The third-order valence-electron chi connectivity index (χ3n) is 3.01. The van der Waals surface area contributed by atoms with E-state index in [9.17, 15) is 4.79 Å². The van der Waals surface area contributed by atoms with Crippen molar-refractivity contribution in [2.45, 2.75) is 0 Å². The summed E-state index contributed by atoms with van der Waals surface area (Å²) in [4.78, 5) is 11.7. The van der Waals surface area contributed by atoms with Crippen LogP contribution in [0.15, 0.2) is 59.1 Å². The molecule has 0 unspecified atom stereocenters. The van der Waals surface area contributed by atoms with Crippen molar-refractivity contribution in [3.8, 4) is 5.69 Å². The Balaban J connectivity index is 2.46. The minimum Gasteiger partial charge on any atom is -0.305 e. The summed E-state index contributed by atoms with van der Waals surface area (Å²) >= 11 is 9.22. The maximum absolute atomic E-state index is 11.7. The lowest BCUT2D eigenvalue weighted by Gasteiger charge is -2.08. The van der Waals surface area contributed by atoms with Gasteiger partial charge in [0, 0.05) is 11.1 Å². The topological polar surface area (TPSA) is 22.0 Å². The Hall–Kier alpha value is -1.58. The summed E-state index contributed by atoms with van der Waals surface area (Å²) in [6.07, 6.45) is 0. The number of para-hydroxylation sites is 2. The first-order valence-corrected chi connectivity index (χ1v) is 6.91. The molecule has 0 radical (unpaired) electrons. The fourth-order valence-electron chi connectivity index (χ4n) is 2.22. The minimum atomic E-state index is -0.480. The van der Waals surface area contributed by atoms with Gasteiger partial charge < -0.3 is 4.57 Å². The predicted molar refractivity (Wildman–Crippen MR) is 81.2 cm³/mol. The SMILES string of the molecule is O=C(Cl)c1c(Br)c2ccccc2n1-c1ccccc1. The normalized spacial score (nSPS) is 10.8. The van der Waals surface area contributed by atoms with Crippen LogP contribution < -0.4 is 0 Å². The molecule has 0 N–H and O–H groups in total. The molecule has 2 nitrogen and oxygen atoms in total. The molecule has 0 amide bonds. The van der Waals surface area contributed by atoms with Crippen LogP contribution in [-0.4, -0.2) is 9.81 Å². The highest BCUT2D eigenvalue weighted by atomic mass is 79.9. The number of carbonyl (C=O) groups excluding carboxylic acids is 1. The molecule has 1 aromatic heterocycles. The van der Waals surface area contributed by atoms with Crippen LogP contribution in [0.3, 0.4) is 0 Å². The Morgan fingerprint density at radius 1 is 1.00 bits per heavy atom. The van der Waals surface area contributed by atoms with Gasteiger partial charge in [0.1, 0.15) is 5.69 Å². The zero-order chi connectivity index (χ0) is 13.4. The number of nitrogens with zero attached hydrogens (tertiary/aromatic N) is 1. The number of aromatic nitrogens is 1. The van der Waals surface area contributed by atoms with Crippen LogP contribution >= 0.6 is 27.5 Å². The number of halogens is 2. The highest BCUT2D eigenvalue weighted by Crippen LogP contribution is 2.34. The summed E-state index contributed by atoms with van der Waals surface area (Å²) < 4.78 is 2.60. The Kier molecular flexibility index (Phi) is 3.17. The number of carbonyl (C=O) groups is 1. The predicted octanol–water partition coefficient (Wildman–Crippen LogP) is 4.77. The van der Waals surface area contributed by atoms with Crippen LogP contribution in [0.5, 0.6) is 0 Å². The van der Waals surface area contributed by atoms with E-state index in [1.807, 2.05) is 59.2 Å². The third-order valence-corrected chi connectivity index (χ3v) is 4.00. The van der Waals surface area contributed by atoms with Gasteiger partial charge in [0.2, 0.25) is 0 Å². The van der Waals surface area contributed by atoms with Crippen LogP contribution in [0.4, 0.5) is 0 Å². The van der Waals surface area contributed by atoms with Gasteiger partial charge in [0.15, 0.2) is 0 Å². The molecule has 0 bridgehead atoms. The summed E-state index contributed by atoms with van der Waals surface area (Å²) in [7, 11) is 0. The molecule has 3 aromatic rings. The second-order valence-electron chi connectivity index (χ2n) is 4.12. The standard InChI is InChI=1S/C15H9BrClNO/c16-13-11-8-4-5-9-12(11)18(14(13)15(17)19)10-6-2-1-3-7-10/h1-9H. The van der Waals surface area contributed by atoms with Gasteiger partial charge in [-0.25, -0.2) is 0 Å². The van der Waals surface area contributed by atoms with E-state index in [0.717, 1.165) is 21.1 Å². The van der Waals surface area contributed by atoms with Crippen molar-refractivity contribution in [1.82, 2.24) is 4.57 Å². The van der Waals surface area contributed by atoms with Gasteiger partial charge in [-0.05, 0) is 45.7 Å². The molecular formula is C15H9BrClNO. The molecule has 3 rings (SSSR count). The van der Waals surface area contributed by atoms with E-state index in [-0.39, 0.29) is 0 Å². The molecule has 94 valence electrons. The van der Waals surface area contributed by atoms with Gasteiger partial charge in [0.05, 0.1) is 9.99 Å². The summed E-state index contributed by atoms with van der Waals surface area (Å²) in [5, 5.41) is 0.488. The smallest absolute Gasteiger partial charge is 0.270 e.